The molecule has 8 bridgehead atoms. The first-order valence-electron chi connectivity index (χ1n) is 22.3. The van der Waals surface area contributed by atoms with Gasteiger partial charge in [-0.15, -0.1) is 0 Å². The van der Waals surface area contributed by atoms with E-state index in [1.807, 2.05) is 0 Å². The molecule has 0 fully saturated rings. The van der Waals surface area contributed by atoms with Gasteiger partial charge in [-0.1, -0.05) is 64.1 Å². The minimum Gasteiger partial charge on any atom is -0.493 e. The van der Waals surface area contributed by atoms with Gasteiger partial charge in [0.1, 0.15) is 23.0 Å². The Morgan fingerprint density at radius 1 is 0.433 bits per heavy atom. The van der Waals surface area contributed by atoms with Crippen LogP contribution in [0.1, 0.15) is 126 Å². The lowest BCUT2D eigenvalue weighted by Crippen LogP contribution is -2.25. The van der Waals surface area contributed by atoms with Crippen molar-refractivity contribution in [1.29, 1.82) is 0 Å². The quantitative estimate of drug-likeness (QED) is 0.0977. The molecule has 0 unspecified atom stereocenters. The summed E-state index contributed by atoms with van der Waals surface area (Å²) in [5.41, 5.74) is 11.1. The predicted octanol–water partition coefficient (Wildman–Crippen LogP) is 11.5. The molecular weight excluding hydrogens is 745 g/mol. The smallest absolute Gasteiger partial charge is 0.213 e. The number of anilines is 2. The van der Waals surface area contributed by atoms with Crippen LogP contribution in [0.15, 0.2) is 85.5 Å². The molecule has 1 aliphatic carbocycles. The molecule has 0 amide bonds. The molecule has 4 radical (unpaired) electrons. The molecule has 316 valence electrons. The van der Waals surface area contributed by atoms with Gasteiger partial charge in [-0.2, -0.15) is 0 Å². The maximum absolute atomic E-state index is 6.81. The molecule has 0 aromatic heterocycles. The second kappa shape index (κ2) is 19.9. The molecule has 0 saturated heterocycles. The number of para-hydroxylation sites is 2. The fourth-order valence-corrected chi connectivity index (χ4v) is 8.01. The van der Waals surface area contributed by atoms with Crippen molar-refractivity contribution in [2.45, 2.75) is 119 Å². The highest BCUT2D eigenvalue weighted by molar-refractivity contribution is 5.66. The molecule has 3 aliphatic rings. The van der Waals surface area contributed by atoms with Crippen LogP contribution in [0.25, 0.3) is 0 Å². The number of ether oxygens (including phenoxy) is 4. The first kappa shape index (κ1) is 42.9. The van der Waals surface area contributed by atoms with E-state index in [1.54, 1.807) is 0 Å². The Morgan fingerprint density at radius 3 is 0.967 bits per heavy atom. The Kier molecular flexibility index (Phi) is 14.2. The fraction of sp³-hybridized carbons (Fsp3) is 0.423. The van der Waals surface area contributed by atoms with Gasteiger partial charge in [-0.05, 0) is 99.9 Å². The lowest BCUT2D eigenvalue weighted by molar-refractivity contribution is 0.304. The molecular formula is C52H64N4O4. The van der Waals surface area contributed by atoms with Gasteiger partial charge in [-0.25, -0.2) is 0 Å². The van der Waals surface area contributed by atoms with Gasteiger partial charge in [0.15, 0.2) is 0 Å². The Balaban J connectivity index is 1.47. The van der Waals surface area contributed by atoms with Crippen LogP contribution in [0.4, 0.5) is 11.4 Å². The maximum Gasteiger partial charge on any atom is 0.213 e. The van der Waals surface area contributed by atoms with E-state index in [0.29, 0.717) is 64.2 Å². The van der Waals surface area contributed by atoms with E-state index in [0.717, 1.165) is 105 Å². The van der Waals surface area contributed by atoms with E-state index in [9.17, 15) is 0 Å². The van der Waals surface area contributed by atoms with Gasteiger partial charge in [0.25, 0.3) is 0 Å². The second-order valence-corrected chi connectivity index (χ2v) is 16.6. The number of rotatable bonds is 16. The van der Waals surface area contributed by atoms with Crippen LogP contribution < -0.4 is 28.7 Å². The van der Waals surface area contributed by atoms with Crippen molar-refractivity contribution in [2.75, 3.05) is 36.2 Å². The Labute approximate surface area is 360 Å². The molecule has 0 N–H and O–H groups in total. The summed E-state index contributed by atoms with van der Waals surface area (Å²) in [6.45, 7) is 27.0. The molecule has 0 atom stereocenters. The highest BCUT2D eigenvalue weighted by Gasteiger charge is 2.27. The van der Waals surface area contributed by atoms with Crippen molar-refractivity contribution in [3.05, 3.63) is 143 Å². The fourth-order valence-electron chi connectivity index (χ4n) is 8.01. The van der Waals surface area contributed by atoms with Gasteiger partial charge in [-0.3, -0.25) is 0 Å². The normalized spacial score (nSPS) is 14.8. The summed E-state index contributed by atoms with van der Waals surface area (Å²) in [7, 11) is 0. The van der Waals surface area contributed by atoms with Gasteiger partial charge >= 0.3 is 0 Å². The lowest BCUT2D eigenvalue weighted by atomic mass is 9.90. The molecule has 2 heterocycles. The summed E-state index contributed by atoms with van der Waals surface area (Å²) in [5.74, 6) is 3.73. The third-order valence-corrected chi connectivity index (χ3v) is 11.0. The molecule has 0 saturated carbocycles. The van der Waals surface area contributed by atoms with Crippen LogP contribution in [0.5, 0.6) is 23.0 Å². The lowest BCUT2D eigenvalue weighted by Gasteiger charge is -2.26. The molecule has 8 heteroatoms. The van der Waals surface area contributed by atoms with Gasteiger partial charge in [0, 0.05) is 96.2 Å². The predicted molar refractivity (Wildman–Crippen MR) is 244 cm³/mol. The number of hydrogen-bond acceptors (Lipinski definition) is 8. The van der Waals surface area contributed by atoms with Gasteiger partial charge in [0.05, 0.1) is 26.4 Å². The van der Waals surface area contributed by atoms with Crippen molar-refractivity contribution in [3.8, 4) is 23.0 Å². The number of fused-ring (bicyclic) bond motifs is 8. The zero-order valence-corrected chi connectivity index (χ0v) is 37.1. The third-order valence-electron chi connectivity index (χ3n) is 11.0. The van der Waals surface area contributed by atoms with Crippen LogP contribution in [0.3, 0.4) is 0 Å². The first-order chi connectivity index (χ1) is 29.2. The van der Waals surface area contributed by atoms with Crippen molar-refractivity contribution < 1.29 is 18.9 Å². The summed E-state index contributed by atoms with van der Waals surface area (Å²) in [5, 5.41) is 0. The van der Waals surface area contributed by atoms with E-state index in [-0.39, 0.29) is 0 Å². The van der Waals surface area contributed by atoms with E-state index >= 15 is 0 Å². The van der Waals surface area contributed by atoms with Gasteiger partial charge in [0.2, 0.25) is 13.3 Å². The number of hydrogen-bond donors (Lipinski definition) is 0. The molecule has 4 aromatic carbocycles. The average molecular weight is 809 g/mol. The highest BCUT2D eigenvalue weighted by atomic mass is 16.5. The van der Waals surface area contributed by atoms with Crippen LogP contribution >= 0.6 is 0 Å². The molecule has 4 aromatic rings. The topological polar surface area (TPSA) is 49.9 Å². The Bertz CT molecular complexity index is 1900. The summed E-state index contributed by atoms with van der Waals surface area (Å²) < 4.78 is 27.2. The maximum atomic E-state index is 6.81. The van der Waals surface area contributed by atoms with Crippen molar-refractivity contribution in [1.82, 2.24) is 9.80 Å². The van der Waals surface area contributed by atoms with E-state index < -0.39 is 0 Å². The minimum atomic E-state index is 0.291. The third kappa shape index (κ3) is 9.69. The summed E-state index contributed by atoms with van der Waals surface area (Å²) in [6, 6.07) is 22.9. The largest absolute Gasteiger partial charge is 0.493 e. The monoisotopic (exact) mass is 808 g/mol. The highest BCUT2D eigenvalue weighted by Crippen LogP contribution is 2.43. The van der Waals surface area contributed by atoms with E-state index in [2.05, 4.69) is 174 Å². The summed E-state index contributed by atoms with van der Waals surface area (Å²) in [6.07, 6.45) is 14.5. The Morgan fingerprint density at radius 2 is 0.717 bits per heavy atom. The van der Waals surface area contributed by atoms with E-state index in [4.69, 9.17) is 18.9 Å². The average Bonchev–Trinajstić information content (AvgIpc) is 3.94. The number of benzene rings is 4. The second-order valence-electron chi connectivity index (χ2n) is 16.6. The van der Waals surface area contributed by atoms with Crippen LogP contribution in [0.2, 0.25) is 0 Å². The van der Waals surface area contributed by atoms with Crippen LogP contribution in [0, 0.1) is 13.3 Å². The zero-order chi connectivity index (χ0) is 42.2. The summed E-state index contributed by atoms with van der Waals surface area (Å²) in [4.78, 5) is 8.46. The van der Waals surface area contributed by atoms with Crippen LogP contribution in [-0.4, -0.2) is 48.3 Å². The van der Waals surface area contributed by atoms with Crippen molar-refractivity contribution >= 4 is 11.4 Å². The number of nitrogens with zero attached hydrogens (tertiary/aromatic N) is 4. The molecule has 60 heavy (non-hydrogen) atoms. The van der Waals surface area contributed by atoms with Crippen molar-refractivity contribution in [3.63, 3.8) is 0 Å². The zero-order valence-electron chi connectivity index (χ0n) is 37.1. The standard InChI is InChI=1S/C52H64N4O4/c1-9-23-57-49-39-15-13-16-40(49)28-44-32-48(56-22-20-54(36-56)38(7)8)34-46(52(44)60-26-12-4)30-42-18-14-17-41(50(42)58-24-10-2)29-45-33-47(55-21-19-53(35-55)37(5)6)31-43(27-39)51(45)59-25-11-3/h13-22,31-34,37-38H,9-12,23-30H2,1-8H3. The molecule has 0 spiro atoms. The molecule has 8 nitrogen and oxygen atoms in total. The molecule has 2 aliphatic heterocycles. The summed E-state index contributed by atoms with van der Waals surface area (Å²) >= 11 is 0. The first-order valence-corrected chi connectivity index (χ1v) is 22.3. The van der Waals surface area contributed by atoms with Crippen LogP contribution in [-0.2, 0) is 25.7 Å². The van der Waals surface area contributed by atoms with Crippen molar-refractivity contribution in [2.24, 2.45) is 0 Å². The molecule has 7 rings (SSSR count). The van der Waals surface area contributed by atoms with Gasteiger partial charge < -0.3 is 38.5 Å². The Hall–Kier alpha value is -5.24. The van der Waals surface area contributed by atoms with E-state index in [1.165, 1.54) is 0 Å². The minimum absolute atomic E-state index is 0.291. The SMILES string of the molecule is CCCOc1c2cccc1Cc1cc(N3[C]N(C(C)C)C=C3)cc(c1OCCC)Cc1cccc(c1OCCC)Cc1cc(N3[C]N(C(C)C)C=C3)cc(c1OCCC)C2.